The Morgan fingerprint density at radius 2 is 1.72 bits per heavy atom. The highest BCUT2D eigenvalue weighted by atomic mass is 35.5. The zero-order chi connectivity index (χ0) is 18.0. The zero-order valence-electron chi connectivity index (χ0n) is 13.2. The lowest BCUT2D eigenvalue weighted by molar-refractivity contribution is 0.0933. The van der Waals surface area contributed by atoms with E-state index in [2.05, 4.69) is 15.0 Å². The van der Waals surface area contributed by atoms with Gasteiger partial charge >= 0.3 is 0 Å². The second kappa shape index (κ2) is 7.27. The van der Waals surface area contributed by atoms with Crippen LogP contribution in [0, 0.1) is 0 Å². The third kappa shape index (κ3) is 4.11. The number of halogens is 2. The molecule has 1 aliphatic carbocycles. The van der Waals surface area contributed by atoms with Crippen molar-refractivity contribution in [3.63, 3.8) is 0 Å². The quantitative estimate of drug-likeness (QED) is 0.711. The summed E-state index contributed by atoms with van der Waals surface area (Å²) in [6.45, 7) is 0. The molecule has 1 amide bonds. The molecule has 1 heterocycles. The molecule has 1 aliphatic rings. The summed E-state index contributed by atoms with van der Waals surface area (Å²) in [5.41, 5.74) is 0.287. The molecule has 0 saturated heterocycles. The minimum Gasteiger partial charge on any atom is -0.348 e. The predicted octanol–water partition coefficient (Wildman–Crippen LogP) is 3.79. The third-order valence-corrected chi connectivity index (χ3v) is 6.37. The number of carbonyl (C=O) groups excluding carboxylic acids is 1. The van der Waals surface area contributed by atoms with Gasteiger partial charge in [0.1, 0.15) is 16.4 Å². The predicted molar refractivity (Wildman–Crippen MR) is 97.8 cm³/mol. The molecule has 25 heavy (non-hydrogen) atoms. The van der Waals surface area contributed by atoms with E-state index in [4.69, 9.17) is 23.2 Å². The molecule has 1 aromatic heterocycles. The highest BCUT2D eigenvalue weighted by molar-refractivity contribution is 7.93. The van der Waals surface area contributed by atoms with Crippen molar-refractivity contribution >= 4 is 45.0 Å². The van der Waals surface area contributed by atoms with E-state index in [0.29, 0.717) is 0 Å². The van der Waals surface area contributed by atoms with Crippen molar-refractivity contribution in [2.75, 3.05) is 4.72 Å². The van der Waals surface area contributed by atoms with Gasteiger partial charge in [-0.2, -0.15) is 0 Å². The maximum absolute atomic E-state index is 12.5. The van der Waals surface area contributed by atoms with Crippen molar-refractivity contribution in [3.05, 3.63) is 46.1 Å². The van der Waals surface area contributed by atoms with Crippen LogP contribution >= 0.6 is 23.2 Å². The van der Waals surface area contributed by atoms with E-state index in [9.17, 15) is 13.2 Å². The van der Waals surface area contributed by atoms with Crippen molar-refractivity contribution in [2.24, 2.45) is 0 Å². The molecule has 0 radical (unpaired) electrons. The van der Waals surface area contributed by atoms with E-state index in [-0.39, 0.29) is 38.4 Å². The van der Waals surface area contributed by atoms with Crippen LogP contribution in [0.4, 0.5) is 5.82 Å². The number of amides is 1. The number of H-pyrrole nitrogens is 1. The Balaban J connectivity index is 1.75. The summed E-state index contributed by atoms with van der Waals surface area (Å²) in [4.78, 5) is 14.8. The molecule has 9 heteroatoms. The number of anilines is 1. The van der Waals surface area contributed by atoms with Gasteiger partial charge in [-0.15, -0.1) is 0 Å². The Morgan fingerprint density at radius 1 is 1.08 bits per heavy atom. The summed E-state index contributed by atoms with van der Waals surface area (Å²) in [6, 6.07) is 7.62. The lowest BCUT2D eigenvalue weighted by Gasteiger charge is -2.11. The van der Waals surface area contributed by atoms with Gasteiger partial charge in [0.15, 0.2) is 0 Å². The Hall–Kier alpha value is -1.70. The van der Waals surface area contributed by atoms with Crippen molar-refractivity contribution in [3.8, 4) is 0 Å². The smallest absolute Gasteiger partial charge is 0.267 e. The van der Waals surface area contributed by atoms with Crippen LogP contribution in [0.5, 0.6) is 0 Å². The van der Waals surface area contributed by atoms with E-state index in [1.165, 1.54) is 24.3 Å². The van der Waals surface area contributed by atoms with Crippen LogP contribution in [0.15, 0.2) is 35.2 Å². The van der Waals surface area contributed by atoms with Gasteiger partial charge in [0.2, 0.25) is 0 Å². The van der Waals surface area contributed by atoms with E-state index < -0.39 is 10.0 Å². The maximum atomic E-state index is 12.5. The highest BCUT2D eigenvalue weighted by Crippen LogP contribution is 2.30. The summed E-state index contributed by atoms with van der Waals surface area (Å²) in [6.07, 6.45) is 4.16. The first-order valence-corrected chi connectivity index (χ1v) is 10.1. The number of benzene rings is 1. The number of aromatic amines is 1. The number of aromatic nitrogens is 1. The van der Waals surface area contributed by atoms with Crippen LogP contribution in [0.2, 0.25) is 10.0 Å². The van der Waals surface area contributed by atoms with Gasteiger partial charge in [0.25, 0.3) is 15.9 Å². The molecular formula is C16H17Cl2N3O3S. The number of rotatable bonds is 5. The Labute approximate surface area is 156 Å². The summed E-state index contributed by atoms with van der Waals surface area (Å²) < 4.78 is 27.4. The van der Waals surface area contributed by atoms with Crippen LogP contribution in [0.1, 0.15) is 36.2 Å². The molecule has 3 rings (SSSR count). The SMILES string of the molecule is O=C(NC1CCCC1)c1ccc(NS(=O)(=O)c2c(Cl)cccc2Cl)[nH]1. The summed E-state index contributed by atoms with van der Waals surface area (Å²) in [5, 5.41) is 2.97. The first-order valence-electron chi connectivity index (χ1n) is 7.83. The van der Waals surface area contributed by atoms with Crippen LogP contribution in [0.25, 0.3) is 0 Å². The zero-order valence-corrected chi connectivity index (χ0v) is 15.5. The van der Waals surface area contributed by atoms with Crippen molar-refractivity contribution in [1.29, 1.82) is 0 Å². The fourth-order valence-corrected chi connectivity index (χ4v) is 5.02. The van der Waals surface area contributed by atoms with Crippen LogP contribution in [-0.2, 0) is 10.0 Å². The molecule has 0 aliphatic heterocycles. The molecule has 1 saturated carbocycles. The average molecular weight is 402 g/mol. The Morgan fingerprint density at radius 3 is 2.36 bits per heavy atom. The molecule has 0 atom stereocenters. The molecular weight excluding hydrogens is 385 g/mol. The lowest BCUT2D eigenvalue weighted by atomic mass is 10.2. The van der Waals surface area contributed by atoms with Gasteiger partial charge in [-0.25, -0.2) is 8.42 Å². The Kier molecular flexibility index (Phi) is 5.27. The average Bonchev–Trinajstić information content (AvgIpc) is 3.18. The van der Waals surface area contributed by atoms with E-state index in [1.54, 1.807) is 6.07 Å². The number of hydrogen-bond donors (Lipinski definition) is 3. The monoisotopic (exact) mass is 401 g/mol. The number of hydrogen-bond acceptors (Lipinski definition) is 3. The van der Waals surface area contributed by atoms with Gasteiger partial charge in [0, 0.05) is 6.04 Å². The topological polar surface area (TPSA) is 91.1 Å². The van der Waals surface area contributed by atoms with Gasteiger partial charge < -0.3 is 10.3 Å². The second-order valence-electron chi connectivity index (χ2n) is 5.90. The lowest BCUT2D eigenvalue weighted by Crippen LogP contribution is -2.32. The van der Waals surface area contributed by atoms with Gasteiger partial charge in [0.05, 0.1) is 10.0 Å². The second-order valence-corrected chi connectivity index (χ2v) is 8.33. The number of sulfonamides is 1. The minimum atomic E-state index is -3.99. The fraction of sp³-hybridized carbons (Fsp3) is 0.312. The molecule has 0 unspecified atom stereocenters. The standard InChI is InChI=1S/C16H17Cl2N3O3S/c17-11-6-3-7-12(18)15(11)25(23,24)21-14-9-8-13(20-14)16(22)19-10-4-1-2-5-10/h3,6-10,20-21H,1-2,4-5H2,(H,19,22). The van der Waals surface area contributed by atoms with E-state index >= 15 is 0 Å². The number of nitrogens with one attached hydrogen (secondary N) is 3. The highest BCUT2D eigenvalue weighted by Gasteiger charge is 2.23. The molecule has 3 N–H and O–H groups in total. The fourth-order valence-electron chi connectivity index (χ4n) is 2.86. The van der Waals surface area contributed by atoms with Crippen LogP contribution in [0.3, 0.4) is 0 Å². The minimum absolute atomic E-state index is 0.0192. The van der Waals surface area contributed by atoms with E-state index in [0.717, 1.165) is 25.7 Å². The number of carbonyl (C=O) groups is 1. The van der Waals surface area contributed by atoms with Crippen LogP contribution < -0.4 is 10.0 Å². The van der Waals surface area contributed by atoms with Gasteiger partial charge in [-0.05, 0) is 37.1 Å². The van der Waals surface area contributed by atoms with Crippen molar-refractivity contribution in [2.45, 2.75) is 36.6 Å². The van der Waals surface area contributed by atoms with Crippen molar-refractivity contribution in [1.82, 2.24) is 10.3 Å². The normalized spacial score (nSPS) is 15.3. The van der Waals surface area contributed by atoms with E-state index in [1.807, 2.05) is 0 Å². The van der Waals surface area contributed by atoms with Gasteiger partial charge in [-0.1, -0.05) is 42.1 Å². The van der Waals surface area contributed by atoms with Crippen molar-refractivity contribution < 1.29 is 13.2 Å². The molecule has 6 nitrogen and oxygen atoms in total. The maximum Gasteiger partial charge on any atom is 0.267 e. The first-order chi connectivity index (χ1) is 11.9. The summed E-state index contributed by atoms with van der Waals surface area (Å²) in [5.74, 6) is -0.0966. The third-order valence-electron chi connectivity index (χ3n) is 4.05. The molecule has 0 spiro atoms. The molecule has 1 fully saturated rings. The molecule has 134 valence electrons. The Bertz CT molecular complexity index is 870. The molecule has 0 bridgehead atoms. The summed E-state index contributed by atoms with van der Waals surface area (Å²) >= 11 is 11.9. The molecule has 1 aromatic carbocycles. The largest absolute Gasteiger partial charge is 0.348 e. The summed E-state index contributed by atoms with van der Waals surface area (Å²) in [7, 11) is -3.99. The first kappa shape index (κ1) is 18.1. The molecule has 2 aromatic rings. The van der Waals surface area contributed by atoms with Gasteiger partial charge in [-0.3, -0.25) is 9.52 Å². The van der Waals surface area contributed by atoms with Crippen LogP contribution in [-0.4, -0.2) is 25.4 Å².